The molecule has 0 radical (unpaired) electrons. The molecule has 9 heteroatoms. The number of benzene rings is 2. The third-order valence-corrected chi connectivity index (χ3v) is 4.43. The molecule has 2 aromatic carbocycles. The van der Waals surface area contributed by atoms with Gasteiger partial charge in [-0.3, -0.25) is 4.99 Å². The highest BCUT2D eigenvalue weighted by molar-refractivity contribution is 14.0. The first-order chi connectivity index (χ1) is 14.0. The van der Waals surface area contributed by atoms with Gasteiger partial charge in [0.2, 0.25) is 0 Å². The zero-order valence-corrected chi connectivity index (χ0v) is 18.9. The zero-order valence-electron chi connectivity index (χ0n) is 16.6. The van der Waals surface area contributed by atoms with Crippen LogP contribution in [0, 0.1) is 17.5 Å². The minimum absolute atomic E-state index is 0. The number of halogens is 4. The summed E-state index contributed by atoms with van der Waals surface area (Å²) in [6.45, 7) is 2.41. The minimum Gasteiger partial charge on any atom is -0.356 e. The van der Waals surface area contributed by atoms with Gasteiger partial charge in [-0.15, -0.1) is 24.0 Å². The molecule has 1 aromatic heterocycles. The fourth-order valence-corrected chi connectivity index (χ4v) is 2.81. The molecule has 0 aliphatic rings. The van der Waals surface area contributed by atoms with Gasteiger partial charge in [-0.2, -0.15) is 5.10 Å². The van der Waals surface area contributed by atoms with Crippen molar-refractivity contribution in [1.29, 1.82) is 0 Å². The molecule has 1 atom stereocenters. The molecule has 0 bridgehead atoms. The molecule has 1 unspecified atom stereocenters. The van der Waals surface area contributed by atoms with Crippen LogP contribution in [0.25, 0.3) is 5.69 Å². The second-order valence-corrected chi connectivity index (χ2v) is 6.52. The van der Waals surface area contributed by atoms with E-state index in [9.17, 15) is 13.2 Å². The van der Waals surface area contributed by atoms with E-state index in [1.54, 1.807) is 23.9 Å². The van der Waals surface area contributed by atoms with Gasteiger partial charge in [-0.1, -0.05) is 6.07 Å². The summed E-state index contributed by atoms with van der Waals surface area (Å²) in [6.07, 6.45) is 2.47. The van der Waals surface area contributed by atoms with E-state index < -0.39 is 11.6 Å². The lowest BCUT2D eigenvalue weighted by Crippen LogP contribution is -2.39. The van der Waals surface area contributed by atoms with Crippen molar-refractivity contribution in [2.45, 2.75) is 19.4 Å². The van der Waals surface area contributed by atoms with Gasteiger partial charge in [-0.25, -0.2) is 17.9 Å². The maximum Gasteiger partial charge on any atom is 0.191 e. The van der Waals surface area contributed by atoms with E-state index in [4.69, 9.17) is 0 Å². The Bertz CT molecular complexity index is 989. The smallest absolute Gasteiger partial charge is 0.191 e. The van der Waals surface area contributed by atoms with Crippen molar-refractivity contribution in [3.05, 3.63) is 83.4 Å². The highest BCUT2D eigenvalue weighted by Crippen LogP contribution is 2.15. The Labute approximate surface area is 190 Å². The van der Waals surface area contributed by atoms with Gasteiger partial charge in [0.1, 0.15) is 5.82 Å². The Morgan fingerprint density at radius 1 is 1.07 bits per heavy atom. The summed E-state index contributed by atoms with van der Waals surface area (Å²) in [7, 11) is 1.64. The molecule has 0 aliphatic heterocycles. The van der Waals surface area contributed by atoms with Gasteiger partial charge in [-0.05, 0) is 55.0 Å². The van der Waals surface area contributed by atoms with Crippen molar-refractivity contribution < 1.29 is 13.2 Å². The summed E-state index contributed by atoms with van der Waals surface area (Å²) in [6, 6.07) is 11.6. The van der Waals surface area contributed by atoms with Crippen molar-refractivity contribution in [3.63, 3.8) is 0 Å². The summed E-state index contributed by atoms with van der Waals surface area (Å²) in [5, 5.41) is 10.8. The molecule has 0 saturated heterocycles. The van der Waals surface area contributed by atoms with Crippen molar-refractivity contribution in [2.75, 3.05) is 13.6 Å². The Morgan fingerprint density at radius 2 is 1.80 bits per heavy atom. The maximum absolute atomic E-state index is 13.4. The summed E-state index contributed by atoms with van der Waals surface area (Å²) in [4.78, 5) is 4.15. The summed E-state index contributed by atoms with van der Waals surface area (Å²) in [5.74, 6) is -1.50. The standard InChI is InChI=1S/C21H22F3N5.HI/c1-14(15-3-8-19(23)20(24)13-15)27-21(25-2)26-11-9-17-10-12-29(28-17)18-6-4-16(22)5-7-18;/h3-8,10,12-14H,9,11H2,1-2H3,(H2,25,26,27);1H. The van der Waals surface area contributed by atoms with E-state index in [2.05, 4.69) is 20.7 Å². The maximum atomic E-state index is 13.4. The molecule has 30 heavy (non-hydrogen) atoms. The second kappa shape index (κ2) is 11.0. The van der Waals surface area contributed by atoms with Crippen LogP contribution in [0.1, 0.15) is 24.2 Å². The third kappa shape index (κ3) is 6.22. The first kappa shape index (κ1) is 23.7. The molecule has 1 heterocycles. The number of nitrogens with zero attached hydrogens (tertiary/aromatic N) is 3. The van der Waals surface area contributed by atoms with Gasteiger partial charge >= 0.3 is 0 Å². The fourth-order valence-electron chi connectivity index (χ4n) is 2.81. The first-order valence-corrected chi connectivity index (χ1v) is 9.19. The molecule has 3 rings (SSSR count). The largest absolute Gasteiger partial charge is 0.356 e. The van der Waals surface area contributed by atoms with Gasteiger partial charge in [0.15, 0.2) is 17.6 Å². The normalized spacial score (nSPS) is 12.2. The molecular weight excluding hydrogens is 506 g/mol. The summed E-state index contributed by atoms with van der Waals surface area (Å²) >= 11 is 0. The SMILES string of the molecule is CN=C(NCCc1ccn(-c2ccc(F)cc2)n1)NC(C)c1ccc(F)c(F)c1.I. The molecule has 0 saturated carbocycles. The van der Waals surface area contributed by atoms with Gasteiger partial charge in [0, 0.05) is 26.2 Å². The topological polar surface area (TPSA) is 54.2 Å². The fraction of sp³-hybridized carbons (Fsp3) is 0.238. The van der Waals surface area contributed by atoms with Crippen LogP contribution in [0.15, 0.2) is 59.7 Å². The molecule has 0 fully saturated rings. The van der Waals surface area contributed by atoms with Gasteiger partial charge < -0.3 is 10.6 Å². The minimum atomic E-state index is -0.879. The third-order valence-electron chi connectivity index (χ3n) is 4.43. The molecule has 0 spiro atoms. The molecule has 3 aromatic rings. The molecular formula is C21H23F3IN5. The van der Waals surface area contributed by atoms with E-state index in [1.807, 2.05) is 19.2 Å². The average Bonchev–Trinajstić information content (AvgIpc) is 3.18. The summed E-state index contributed by atoms with van der Waals surface area (Å²) in [5.41, 5.74) is 2.26. The van der Waals surface area contributed by atoms with Crippen molar-refractivity contribution in [2.24, 2.45) is 4.99 Å². The predicted molar refractivity (Wildman–Crippen MR) is 122 cm³/mol. The number of nitrogens with one attached hydrogen (secondary N) is 2. The molecule has 160 valence electrons. The Kier molecular flexibility index (Phi) is 8.70. The van der Waals surface area contributed by atoms with Crippen LogP contribution >= 0.6 is 24.0 Å². The van der Waals surface area contributed by atoms with Crippen LogP contribution in [-0.2, 0) is 6.42 Å². The Hall–Kier alpha value is -2.56. The molecule has 2 N–H and O–H groups in total. The number of hydrogen-bond donors (Lipinski definition) is 2. The van der Waals surface area contributed by atoms with Crippen LogP contribution in [0.2, 0.25) is 0 Å². The van der Waals surface area contributed by atoms with Crippen molar-refractivity contribution in [3.8, 4) is 5.69 Å². The predicted octanol–water partition coefficient (Wildman–Crippen LogP) is 4.38. The lowest BCUT2D eigenvalue weighted by atomic mass is 10.1. The molecule has 0 amide bonds. The van der Waals surface area contributed by atoms with Crippen LogP contribution < -0.4 is 10.6 Å². The summed E-state index contributed by atoms with van der Waals surface area (Å²) < 4.78 is 41.2. The number of hydrogen-bond acceptors (Lipinski definition) is 2. The van der Waals surface area contributed by atoms with Crippen LogP contribution in [0.3, 0.4) is 0 Å². The quantitative estimate of drug-likeness (QED) is 0.283. The first-order valence-electron chi connectivity index (χ1n) is 9.19. The lowest BCUT2D eigenvalue weighted by molar-refractivity contribution is 0.504. The lowest BCUT2D eigenvalue weighted by Gasteiger charge is -2.18. The van der Waals surface area contributed by atoms with Gasteiger partial charge in [0.25, 0.3) is 0 Å². The number of rotatable bonds is 6. The number of aliphatic imine (C=N–C) groups is 1. The highest BCUT2D eigenvalue weighted by atomic mass is 127. The van der Waals surface area contributed by atoms with E-state index in [1.165, 1.54) is 24.3 Å². The van der Waals surface area contributed by atoms with Gasteiger partial charge in [0.05, 0.1) is 17.4 Å². The molecule has 5 nitrogen and oxygen atoms in total. The van der Waals surface area contributed by atoms with Crippen LogP contribution in [0.5, 0.6) is 0 Å². The zero-order chi connectivity index (χ0) is 20.8. The average molecular weight is 529 g/mol. The van der Waals surface area contributed by atoms with E-state index in [0.29, 0.717) is 24.5 Å². The van der Waals surface area contributed by atoms with Crippen molar-refractivity contribution >= 4 is 29.9 Å². The van der Waals surface area contributed by atoms with Crippen LogP contribution in [0.4, 0.5) is 13.2 Å². The Balaban J connectivity index is 0.00000320. The van der Waals surface area contributed by atoms with E-state index in [-0.39, 0.29) is 35.8 Å². The monoisotopic (exact) mass is 529 g/mol. The second-order valence-electron chi connectivity index (χ2n) is 6.52. The number of aromatic nitrogens is 2. The highest BCUT2D eigenvalue weighted by Gasteiger charge is 2.11. The number of guanidine groups is 1. The van der Waals surface area contributed by atoms with Crippen LogP contribution in [-0.4, -0.2) is 29.3 Å². The Morgan fingerprint density at radius 3 is 2.47 bits per heavy atom. The van der Waals surface area contributed by atoms with E-state index in [0.717, 1.165) is 17.4 Å². The molecule has 0 aliphatic carbocycles. The van der Waals surface area contributed by atoms with E-state index >= 15 is 0 Å². The van der Waals surface area contributed by atoms with Crippen molar-refractivity contribution in [1.82, 2.24) is 20.4 Å².